The van der Waals surface area contributed by atoms with Crippen LogP contribution < -0.4 is 0 Å². The average Bonchev–Trinajstić information content (AvgIpc) is 2.81. The molecule has 0 atom stereocenters. The summed E-state index contributed by atoms with van der Waals surface area (Å²) in [6.07, 6.45) is 1.76. The van der Waals surface area contributed by atoms with E-state index in [1.165, 1.54) is 23.9 Å². The smallest absolute Gasteiger partial charge is 0.311 e. The van der Waals surface area contributed by atoms with Gasteiger partial charge in [0.1, 0.15) is 5.82 Å². The zero-order valence-corrected chi connectivity index (χ0v) is 10.3. The highest BCUT2D eigenvalue weighted by atomic mass is 35.5. The number of ether oxygens (including phenoxy) is 1. The average molecular weight is 269 g/mol. The normalized spacial score (nSPS) is 10.4. The second-order valence-electron chi connectivity index (χ2n) is 3.60. The highest BCUT2D eigenvalue weighted by Gasteiger charge is 2.08. The van der Waals surface area contributed by atoms with Crippen LogP contribution in [0.2, 0.25) is 5.02 Å². The Hall–Kier alpha value is -1.88. The molecule has 0 spiro atoms. The van der Waals surface area contributed by atoms with E-state index in [9.17, 15) is 9.18 Å². The Morgan fingerprint density at radius 2 is 2.28 bits per heavy atom. The largest absolute Gasteiger partial charge is 0.469 e. The third-order valence-electron chi connectivity index (χ3n) is 2.37. The van der Waals surface area contributed by atoms with E-state index in [1.54, 1.807) is 18.3 Å². The lowest BCUT2D eigenvalue weighted by Crippen LogP contribution is -2.05. The Kier molecular flexibility index (Phi) is 3.62. The molecule has 0 unspecified atom stereocenters. The van der Waals surface area contributed by atoms with Crippen molar-refractivity contribution in [1.29, 1.82) is 0 Å². The van der Waals surface area contributed by atoms with Crippen LogP contribution in [0.4, 0.5) is 4.39 Å². The minimum Gasteiger partial charge on any atom is -0.469 e. The van der Waals surface area contributed by atoms with Gasteiger partial charge in [-0.3, -0.25) is 4.79 Å². The summed E-state index contributed by atoms with van der Waals surface area (Å²) in [4.78, 5) is 11.1. The van der Waals surface area contributed by atoms with Gasteiger partial charge in [-0.05, 0) is 24.3 Å². The molecule has 0 bridgehead atoms. The molecule has 0 saturated carbocycles. The van der Waals surface area contributed by atoms with Crippen molar-refractivity contribution in [2.45, 2.75) is 6.42 Å². The SMILES string of the molecule is COC(=O)Cc1ccn(-c2ccc(F)c(Cl)c2)n1. The molecule has 6 heteroatoms. The summed E-state index contributed by atoms with van der Waals surface area (Å²) < 4.78 is 19.1. The number of benzene rings is 1. The number of carbonyl (C=O) groups excluding carboxylic acids is 1. The van der Waals surface area contributed by atoms with Gasteiger partial charge in [0.15, 0.2) is 0 Å². The van der Waals surface area contributed by atoms with Crippen molar-refractivity contribution in [2.75, 3.05) is 7.11 Å². The monoisotopic (exact) mass is 268 g/mol. The van der Waals surface area contributed by atoms with Crippen LogP contribution in [0.1, 0.15) is 5.69 Å². The van der Waals surface area contributed by atoms with Crippen LogP contribution in [0.25, 0.3) is 5.69 Å². The van der Waals surface area contributed by atoms with Crippen molar-refractivity contribution in [3.05, 3.63) is 47.0 Å². The third kappa shape index (κ3) is 2.68. The first kappa shape index (κ1) is 12.6. The number of hydrogen-bond donors (Lipinski definition) is 0. The third-order valence-corrected chi connectivity index (χ3v) is 2.65. The molecule has 0 aliphatic carbocycles. The Bertz CT molecular complexity index is 583. The van der Waals surface area contributed by atoms with E-state index < -0.39 is 5.82 Å². The molecule has 0 fully saturated rings. The van der Waals surface area contributed by atoms with Crippen LogP contribution in [-0.4, -0.2) is 22.9 Å². The predicted octanol–water partition coefficient (Wildman–Crippen LogP) is 2.38. The summed E-state index contributed by atoms with van der Waals surface area (Å²) in [5.74, 6) is -0.847. The van der Waals surface area contributed by atoms with Crippen LogP contribution in [0.5, 0.6) is 0 Å². The van der Waals surface area contributed by atoms with Gasteiger partial charge < -0.3 is 4.74 Å². The van der Waals surface area contributed by atoms with E-state index in [0.29, 0.717) is 11.4 Å². The fourth-order valence-corrected chi connectivity index (χ4v) is 1.62. The summed E-state index contributed by atoms with van der Waals surface area (Å²) in [5.41, 5.74) is 1.19. The van der Waals surface area contributed by atoms with Gasteiger partial charge in [0, 0.05) is 6.20 Å². The highest BCUT2D eigenvalue weighted by molar-refractivity contribution is 6.30. The van der Waals surface area contributed by atoms with Crippen LogP contribution >= 0.6 is 11.6 Å². The zero-order valence-electron chi connectivity index (χ0n) is 9.56. The maximum atomic E-state index is 13.0. The van der Waals surface area contributed by atoms with Crippen molar-refractivity contribution in [2.24, 2.45) is 0 Å². The van der Waals surface area contributed by atoms with Crippen LogP contribution in [0.15, 0.2) is 30.5 Å². The summed E-state index contributed by atoms with van der Waals surface area (Å²) in [6.45, 7) is 0. The lowest BCUT2D eigenvalue weighted by Gasteiger charge is -2.02. The van der Waals surface area contributed by atoms with E-state index in [-0.39, 0.29) is 17.4 Å². The van der Waals surface area contributed by atoms with Crippen molar-refractivity contribution < 1.29 is 13.9 Å². The van der Waals surface area contributed by atoms with E-state index >= 15 is 0 Å². The predicted molar refractivity (Wildman–Crippen MR) is 64.3 cm³/mol. The number of carbonyl (C=O) groups is 1. The Labute approximate surface area is 108 Å². The lowest BCUT2D eigenvalue weighted by atomic mass is 10.3. The first-order chi connectivity index (χ1) is 8.60. The first-order valence-electron chi connectivity index (χ1n) is 5.17. The maximum Gasteiger partial charge on any atom is 0.311 e. The van der Waals surface area contributed by atoms with Crippen molar-refractivity contribution >= 4 is 17.6 Å². The fourth-order valence-electron chi connectivity index (χ4n) is 1.45. The number of rotatable bonds is 3. The molecular formula is C12H10ClFN2O2. The molecule has 1 aromatic heterocycles. The fraction of sp³-hybridized carbons (Fsp3) is 0.167. The number of methoxy groups -OCH3 is 1. The molecule has 2 aromatic rings. The van der Waals surface area contributed by atoms with Gasteiger partial charge in [0.25, 0.3) is 0 Å². The number of esters is 1. The molecular weight excluding hydrogens is 259 g/mol. The first-order valence-corrected chi connectivity index (χ1v) is 5.54. The van der Waals surface area contributed by atoms with Crippen molar-refractivity contribution in [1.82, 2.24) is 9.78 Å². The Morgan fingerprint density at radius 1 is 1.50 bits per heavy atom. The highest BCUT2D eigenvalue weighted by Crippen LogP contribution is 2.18. The van der Waals surface area contributed by atoms with Crippen LogP contribution in [0, 0.1) is 5.82 Å². The molecule has 0 radical (unpaired) electrons. The summed E-state index contributed by atoms with van der Waals surface area (Å²) >= 11 is 5.69. The Balaban J connectivity index is 2.23. The standard InChI is InChI=1S/C12H10ClFN2O2/c1-18-12(17)6-8-4-5-16(15-8)9-2-3-11(14)10(13)7-9/h2-5,7H,6H2,1H3. The quantitative estimate of drug-likeness (QED) is 0.803. The van der Waals surface area contributed by atoms with Crippen LogP contribution in [-0.2, 0) is 16.0 Å². The molecule has 4 nitrogen and oxygen atoms in total. The molecule has 0 amide bonds. The minimum atomic E-state index is -0.484. The number of aromatic nitrogens is 2. The van der Waals surface area contributed by atoms with Gasteiger partial charge >= 0.3 is 5.97 Å². The molecule has 0 saturated heterocycles. The van der Waals surface area contributed by atoms with E-state index in [1.807, 2.05) is 0 Å². The van der Waals surface area contributed by atoms with Gasteiger partial charge in [-0.25, -0.2) is 9.07 Å². The summed E-state index contributed by atoms with van der Waals surface area (Å²) in [5, 5.41) is 4.20. The molecule has 2 rings (SSSR count). The zero-order chi connectivity index (χ0) is 13.1. The molecule has 18 heavy (non-hydrogen) atoms. The van der Waals surface area contributed by atoms with E-state index in [4.69, 9.17) is 11.6 Å². The number of halogens is 2. The van der Waals surface area contributed by atoms with Crippen molar-refractivity contribution in [3.8, 4) is 5.69 Å². The molecule has 0 aliphatic heterocycles. The van der Waals surface area contributed by atoms with Gasteiger partial charge in [0.05, 0.1) is 29.9 Å². The summed E-state index contributed by atoms with van der Waals surface area (Å²) in [6, 6.07) is 5.97. The molecule has 0 N–H and O–H groups in total. The van der Waals surface area contributed by atoms with E-state index in [2.05, 4.69) is 9.84 Å². The maximum absolute atomic E-state index is 13.0. The van der Waals surface area contributed by atoms with Gasteiger partial charge in [-0.15, -0.1) is 0 Å². The molecule has 1 aromatic carbocycles. The topological polar surface area (TPSA) is 44.1 Å². The van der Waals surface area contributed by atoms with Gasteiger partial charge in [-0.2, -0.15) is 5.10 Å². The number of hydrogen-bond acceptors (Lipinski definition) is 3. The van der Waals surface area contributed by atoms with Crippen LogP contribution in [0.3, 0.4) is 0 Å². The lowest BCUT2D eigenvalue weighted by molar-refractivity contribution is -0.139. The molecule has 1 heterocycles. The Morgan fingerprint density at radius 3 is 2.94 bits per heavy atom. The van der Waals surface area contributed by atoms with Crippen molar-refractivity contribution in [3.63, 3.8) is 0 Å². The molecule has 0 aliphatic rings. The molecule has 94 valence electrons. The summed E-state index contributed by atoms with van der Waals surface area (Å²) in [7, 11) is 1.32. The number of nitrogens with zero attached hydrogens (tertiary/aromatic N) is 2. The van der Waals surface area contributed by atoms with Gasteiger partial charge in [-0.1, -0.05) is 11.6 Å². The minimum absolute atomic E-state index is 0.0255. The van der Waals surface area contributed by atoms with E-state index in [0.717, 1.165) is 0 Å². The second kappa shape index (κ2) is 5.18. The van der Waals surface area contributed by atoms with Gasteiger partial charge in [0.2, 0.25) is 0 Å². The second-order valence-corrected chi connectivity index (χ2v) is 4.01.